The Kier molecular flexibility index (Phi) is 3.90. The van der Waals surface area contributed by atoms with Crippen molar-refractivity contribution in [2.45, 2.75) is 6.54 Å². The average Bonchev–Trinajstić information content (AvgIpc) is 2.48. The molecule has 0 unspecified atom stereocenters. The van der Waals surface area contributed by atoms with Gasteiger partial charge in [0.05, 0.1) is 16.6 Å². The van der Waals surface area contributed by atoms with Gasteiger partial charge in [-0.05, 0) is 18.2 Å². The number of nitrogens with one attached hydrogen (secondary N) is 1. The number of nitrogens with zero attached hydrogens (tertiary/aromatic N) is 2. The summed E-state index contributed by atoms with van der Waals surface area (Å²) in [7, 11) is 0. The Bertz CT molecular complexity index is 737. The van der Waals surface area contributed by atoms with Crippen molar-refractivity contribution in [2.75, 3.05) is 5.32 Å². The van der Waals surface area contributed by atoms with Gasteiger partial charge in [0.1, 0.15) is 5.69 Å². The molecule has 0 heterocycles. The van der Waals surface area contributed by atoms with Gasteiger partial charge in [-0.25, -0.2) is 0 Å². The van der Waals surface area contributed by atoms with E-state index in [1.807, 2.05) is 6.07 Å². The Labute approximate surface area is 119 Å². The highest BCUT2D eigenvalue weighted by Crippen LogP contribution is 2.30. The van der Waals surface area contributed by atoms with Gasteiger partial charge >= 0.3 is 0 Å². The van der Waals surface area contributed by atoms with Gasteiger partial charge in [0.25, 0.3) is 5.69 Å². The number of para-hydroxylation sites is 1. The maximum Gasteiger partial charge on any atom is 0.293 e. The van der Waals surface area contributed by atoms with E-state index in [1.165, 1.54) is 24.3 Å². The van der Waals surface area contributed by atoms with Crippen molar-refractivity contribution >= 4 is 11.4 Å². The topological polar surface area (TPSA) is 119 Å². The minimum Gasteiger partial charge on any atom is -0.504 e. The van der Waals surface area contributed by atoms with E-state index in [4.69, 9.17) is 5.26 Å². The second-order valence-corrected chi connectivity index (χ2v) is 4.24. The number of benzene rings is 2. The molecule has 106 valence electrons. The van der Waals surface area contributed by atoms with Crippen molar-refractivity contribution < 1.29 is 15.1 Å². The van der Waals surface area contributed by atoms with E-state index in [0.717, 1.165) is 0 Å². The lowest BCUT2D eigenvalue weighted by Crippen LogP contribution is -2.03. The summed E-state index contributed by atoms with van der Waals surface area (Å²) in [6, 6.07) is 10.4. The fraction of sp³-hybridized carbons (Fsp3) is 0.0714. The van der Waals surface area contributed by atoms with Gasteiger partial charge in [-0.1, -0.05) is 12.1 Å². The number of nitriles is 1. The number of phenolic OH excluding ortho intramolecular Hbond substituents is 2. The second kappa shape index (κ2) is 5.79. The van der Waals surface area contributed by atoms with Gasteiger partial charge < -0.3 is 15.5 Å². The van der Waals surface area contributed by atoms with Crippen molar-refractivity contribution in [1.82, 2.24) is 0 Å². The van der Waals surface area contributed by atoms with Gasteiger partial charge in [0, 0.05) is 18.2 Å². The Hall–Kier alpha value is -3.27. The maximum atomic E-state index is 11.0. The number of nitro benzene ring substituents is 1. The Morgan fingerprint density at radius 3 is 2.71 bits per heavy atom. The van der Waals surface area contributed by atoms with E-state index in [-0.39, 0.29) is 35.0 Å². The maximum absolute atomic E-state index is 11.0. The van der Waals surface area contributed by atoms with Crippen LogP contribution < -0.4 is 5.32 Å². The zero-order valence-corrected chi connectivity index (χ0v) is 10.8. The molecular formula is C14H11N3O4. The van der Waals surface area contributed by atoms with Gasteiger partial charge in [-0.15, -0.1) is 0 Å². The first kappa shape index (κ1) is 14.1. The zero-order valence-electron chi connectivity index (χ0n) is 10.8. The highest BCUT2D eigenvalue weighted by Gasteiger charge is 2.15. The molecule has 7 heteroatoms. The fourth-order valence-corrected chi connectivity index (χ4v) is 1.81. The molecule has 0 amide bonds. The van der Waals surface area contributed by atoms with Crippen LogP contribution in [0.2, 0.25) is 0 Å². The molecular weight excluding hydrogens is 274 g/mol. The summed E-state index contributed by atoms with van der Waals surface area (Å²) < 4.78 is 0. The normalized spacial score (nSPS) is 9.86. The van der Waals surface area contributed by atoms with E-state index in [1.54, 1.807) is 12.1 Å². The molecule has 0 aliphatic rings. The fourth-order valence-electron chi connectivity index (χ4n) is 1.81. The molecule has 0 aromatic heterocycles. The molecule has 0 aliphatic carbocycles. The van der Waals surface area contributed by atoms with Crippen LogP contribution in [0.1, 0.15) is 11.1 Å². The Morgan fingerprint density at radius 1 is 1.29 bits per heavy atom. The Balaban J connectivity index is 2.26. The van der Waals surface area contributed by atoms with Gasteiger partial charge in [-0.3, -0.25) is 10.1 Å². The molecule has 7 nitrogen and oxygen atoms in total. The van der Waals surface area contributed by atoms with Crippen LogP contribution in [0.15, 0.2) is 36.4 Å². The lowest BCUT2D eigenvalue weighted by Gasteiger charge is -2.09. The number of rotatable bonds is 4. The molecule has 0 spiro atoms. The van der Waals surface area contributed by atoms with Crippen LogP contribution in [-0.2, 0) is 6.54 Å². The van der Waals surface area contributed by atoms with Crippen molar-refractivity contribution in [1.29, 1.82) is 5.26 Å². The predicted molar refractivity (Wildman–Crippen MR) is 74.9 cm³/mol. The van der Waals surface area contributed by atoms with Crippen molar-refractivity contribution in [2.24, 2.45) is 0 Å². The quantitative estimate of drug-likeness (QED) is 0.451. The molecule has 0 radical (unpaired) electrons. The van der Waals surface area contributed by atoms with E-state index >= 15 is 0 Å². The number of nitro groups is 1. The number of anilines is 1. The molecule has 0 aliphatic heterocycles. The monoisotopic (exact) mass is 285 g/mol. The van der Waals surface area contributed by atoms with E-state index in [9.17, 15) is 20.3 Å². The number of hydrogen-bond acceptors (Lipinski definition) is 6. The number of hydrogen-bond donors (Lipinski definition) is 3. The molecule has 0 saturated carbocycles. The summed E-state index contributed by atoms with van der Waals surface area (Å²) >= 11 is 0. The summed E-state index contributed by atoms with van der Waals surface area (Å²) in [4.78, 5) is 10.4. The summed E-state index contributed by atoms with van der Waals surface area (Å²) in [5.41, 5.74) is 0.580. The molecule has 21 heavy (non-hydrogen) atoms. The summed E-state index contributed by atoms with van der Waals surface area (Å²) in [6.45, 7) is 0.0903. The lowest BCUT2D eigenvalue weighted by molar-refractivity contribution is -0.384. The molecule has 2 rings (SSSR count). The summed E-state index contributed by atoms with van der Waals surface area (Å²) in [5, 5.41) is 41.6. The van der Waals surface area contributed by atoms with Crippen LogP contribution in [-0.4, -0.2) is 15.1 Å². The Morgan fingerprint density at radius 2 is 2.05 bits per heavy atom. The summed E-state index contributed by atoms with van der Waals surface area (Å²) in [5.74, 6) is -0.537. The molecule has 3 N–H and O–H groups in total. The highest BCUT2D eigenvalue weighted by molar-refractivity contribution is 5.64. The molecule has 2 aromatic rings. The molecule has 0 saturated heterocycles. The largest absolute Gasteiger partial charge is 0.504 e. The lowest BCUT2D eigenvalue weighted by atomic mass is 10.1. The van der Waals surface area contributed by atoms with E-state index in [2.05, 4.69) is 5.32 Å². The molecule has 0 atom stereocenters. The van der Waals surface area contributed by atoms with Gasteiger partial charge in [-0.2, -0.15) is 5.26 Å². The van der Waals surface area contributed by atoms with Crippen LogP contribution in [0.25, 0.3) is 0 Å². The third kappa shape index (κ3) is 3.01. The van der Waals surface area contributed by atoms with Gasteiger partial charge in [0.15, 0.2) is 11.5 Å². The first-order valence-electron chi connectivity index (χ1n) is 5.95. The van der Waals surface area contributed by atoms with Crippen molar-refractivity contribution in [3.05, 3.63) is 57.6 Å². The van der Waals surface area contributed by atoms with Crippen molar-refractivity contribution in [3.63, 3.8) is 0 Å². The zero-order chi connectivity index (χ0) is 15.4. The van der Waals surface area contributed by atoms with Crippen LogP contribution in [0.4, 0.5) is 11.4 Å². The third-order valence-electron chi connectivity index (χ3n) is 2.89. The third-order valence-corrected chi connectivity index (χ3v) is 2.89. The van der Waals surface area contributed by atoms with Crippen LogP contribution in [0, 0.1) is 21.4 Å². The molecule has 0 bridgehead atoms. The van der Waals surface area contributed by atoms with E-state index < -0.39 is 4.92 Å². The average molecular weight is 285 g/mol. The smallest absolute Gasteiger partial charge is 0.293 e. The van der Waals surface area contributed by atoms with Crippen LogP contribution >= 0.6 is 0 Å². The highest BCUT2D eigenvalue weighted by atomic mass is 16.6. The standard InChI is InChI=1S/C14H11N3O4/c15-7-9-4-5-11(12(6-9)17(20)21)16-8-10-2-1-3-13(18)14(10)19/h1-6,16,18-19H,8H2. The van der Waals surface area contributed by atoms with Crippen LogP contribution in [0.5, 0.6) is 11.5 Å². The summed E-state index contributed by atoms with van der Waals surface area (Å²) in [6.07, 6.45) is 0. The second-order valence-electron chi connectivity index (χ2n) is 4.24. The number of phenols is 2. The first-order valence-corrected chi connectivity index (χ1v) is 5.95. The predicted octanol–water partition coefficient (Wildman–Crippen LogP) is 2.49. The van der Waals surface area contributed by atoms with Crippen molar-refractivity contribution in [3.8, 4) is 17.6 Å². The van der Waals surface area contributed by atoms with Crippen LogP contribution in [0.3, 0.4) is 0 Å². The molecule has 2 aromatic carbocycles. The molecule has 0 fully saturated rings. The first-order chi connectivity index (χ1) is 10.0. The minimum absolute atomic E-state index is 0.0903. The minimum atomic E-state index is -0.592. The number of aromatic hydroxyl groups is 2. The van der Waals surface area contributed by atoms with E-state index in [0.29, 0.717) is 5.56 Å². The van der Waals surface area contributed by atoms with Gasteiger partial charge in [0.2, 0.25) is 0 Å². The SMILES string of the molecule is N#Cc1ccc(NCc2cccc(O)c2O)c([N+](=O)[O-])c1.